The standard InChI is InChI=1S/C9H12O/c1-3-9(2,10)8-6-4-5-7-8/h3-8,10H,1H2,2H3. The molecule has 0 heterocycles. The van der Waals surface area contributed by atoms with Crippen LogP contribution in [0, 0.1) is 5.92 Å². The van der Waals surface area contributed by atoms with Crippen molar-refractivity contribution in [3.8, 4) is 0 Å². The number of rotatable bonds is 2. The van der Waals surface area contributed by atoms with Gasteiger partial charge in [-0.3, -0.25) is 0 Å². The van der Waals surface area contributed by atoms with Crippen molar-refractivity contribution in [3.05, 3.63) is 37.0 Å². The molecule has 0 aromatic heterocycles. The van der Waals surface area contributed by atoms with Crippen LogP contribution >= 0.6 is 0 Å². The first-order valence-corrected chi connectivity index (χ1v) is 3.38. The molecule has 1 aliphatic carbocycles. The lowest BCUT2D eigenvalue weighted by molar-refractivity contribution is 0.0864. The second-order valence-corrected chi connectivity index (χ2v) is 2.73. The normalized spacial score (nSPS) is 23.0. The highest BCUT2D eigenvalue weighted by Crippen LogP contribution is 2.23. The smallest absolute Gasteiger partial charge is 0.0894 e. The fraction of sp³-hybridized carbons (Fsp3) is 0.333. The third kappa shape index (κ3) is 1.19. The van der Waals surface area contributed by atoms with Crippen molar-refractivity contribution in [2.24, 2.45) is 5.92 Å². The van der Waals surface area contributed by atoms with Crippen LogP contribution in [0.1, 0.15) is 6.92 Å². The van der Waals surface area contributed by atoms with Gasteiger partial charge in [0.25, 0.3) is 0 Å². The molecule has 1 unspecified atom stereocenters. The average molecular weight is 136 g/mol. The van der Waals surface area contributed by atoms with Crippen LogP contribution in [-0.2, 0) is 0 Å². The zero-order valence-corrected chi connectivity index (χ0v) is 6.12. The number of aliphatic hydroxyl groups is 1. The van der Waals surface area contributed by atoms with Crippen molar-refractivity contribution in [3.63, 3.8) is 0 Å². The van der Waals surface area contributed by atoms with Crippen LogP contribution in [0.15, 0.2) is 37.0 Å². The number of hydrogen-bond donors (Lipinski definition) is 1. The van der Waals surface area contributed by atoms with Crippen LogP contribution in [0.5, 0.6) is 0 Å². The Hall–Kier alpha value is -0.820. The lowest BCUT2D eigenvalue weighted by Gasteiger charge is -2.23. The molecule has 54 valence electrons. The Morgan fingerprint density at radius 1 is 1.50 bits per heavy atom. The van der Waals surface area contributed by atoms with Gasteiger partial charge in [0, 0.05) is 5.92 Å². The molecule has 1 rings (SSSR count). The van der Waals surface area contributed by atoms with Gasteiger partial charge in [0.15, 0.2) is 0 Å². The summed E-state index contributed by atoms with van der Waals surface area (Å²) in [6, 6.07) is 0. The molecule has 1 nitrogen and oxygen atoms in total. The largest absolute Gasteiger partial charge is 0.385 e. The summed E-state index contributed by atoms with van der Waals surface area (Å²) in [6.07, 6.45) is 9.35. The molecular weight excluding hydrogens is 124 g/mol. The third-order valence-electron chi connectivity index (χ3n) is 1.84. The molecule has 0 saturated carbocycles. The van der Waals surface area contributed by atoms with E-state index in [1.165, 1.54) is 0 Å². The van der Waals surface area contributed by atoms with Gasteiger partial charge in [-0.15, -0.1) is 6.58 Å². The van der Waals surface area contributed by atoms with E-state index in [1.807, 2.05) is 24.3 Å². The highest BCUT2D eigenvalue weighted by Gasteiger charge is 2.24. The Kier molecular flexibility index (Phi) is 1.77. The first-order chi connectivity index (χ1) is 4.67. The van der Waals surface area contributed by atoms with E-state index in [1.54, 1.807) is 13.0 Å². The summed E-state index contributed by atoms with van der Waals surface area (Å²) in [5, 5.41) is 9.60. The second-order valence-electron chi connectivity index (χ2n) is 2.73. The van der Waals surface area contributed by atoms with Crippen molar-refractivity contribution in [1.82, 2.24) is 0 Å². The van der Waals surface area contributed by atoms with E-state index in [2.05, 4.69) is 6.58 Å². The maximum absolute atomic E-state index is 9.60. The minimum atomic E-state index is -0.788. The van der Waals surface area contributed by atoms with Gasteiger partial charge in [-0.05, 0) is 6.92 Å². The van der Waals surface area contributed by atoms with Crippen LogP contribution in [0.3, 0.4) is 0 Å². The molecule has 0 bridgehead atoms. The SMILES string of the molecule is C=CC(C)(O)C1C=CC=C1. The molecule has 10 heavy (non-hydrogen) atoms. The van der Waals surface area contributed by atoms with Crippen molar-refractivity contribution >= 4 is 0 Å². The molecule has 0 amide bonds. The summed E-state index contributed by atoms with van der Waals surface area (Å²) in [6.45, 7) is 5.31. The minimum absolute atomic E-state index is 0.102. The molecule has 0 saturated heterocycles. The Balaban J connectivity index is 2.73. The van der Waals surface area contributed by atoms with Gasteiger partial charge in [0.05, 0.1) is 5.60 Å². The maximum atomic E-state index is 9.60. The van der Waals surface area contributed by atoms with Crippen molar-refractivity contribution < 1.29 is 5.11 Å². The fourth-order valence-corrected chi connectivity index (χ4v) is 0.958. The van der Waals surface area contributed by atoms with E-state index in [0.29, 0.717) is 0 Å². The van der Waals surface area contributed by atoms with Crippen molar-refractivity contribution in [2.45, 2.75) is 12.5 Å². The van der Waals surface area contributed by atoms with Crippen LogP contribution in [0.25, 0.3) is 0 Å². The minimum Gasteiger partial charge on any atom is -0.385 e. The molecule has 1 heteroatoms. The summed E-state index contributed by atoms with van der Waals surface area (Å²) < 4.78 is 0. The Morgan fingerprint density at radius 3 is 2.40 bits per heavy atom. The van der Waals surface area contributed by atoms with Gasteiger partial charge in [-0.25, -0.2) is 0 Å². The van der Waals surface area contributed by atoms with Crippen LogP contribution in [-0.4, -0.2) is 10.7 Å². The van der Waals surface area contributed by atoms with Crippen LogP contribution in [0.4, 0.5) is 0 Å². The highest BCUT2D eigenvalue weighted by atomic mass is 16.3. The molecule has 0 aliphatic heterocycles. The Bertz CT molecular complexity index is 175. The van der Waals surface area contributed by atoms with Gasteiger partial charge in [0.2, 0.25) is 0 Å². The summed E-state index contributed by atoms with van der Waals surface area (Å²) in [4.78, 5) is 0. The summed E-state index contributed by atoms with van der Waals surface area (Å²) in [5.41, 5.74) is -0.788. The quantitative estimate of drug-likeness (QED) is 0.572. The van der Waals surface area contributed by atoms with Gasteiger partial charge < -0.3 is 5.11 Å². The maximum Gasteiger partial charge on any atom is 0.0894 e. The van der Waals surface area contributed by atoms with Crippen LogP contribution < -0.4 is 0 Å². The summed E-state index contributed by atoms with van der Waals surface area (Å²) in [7, 11) is 0. The molecule has 0 radical (unpaired) electrons. The first kappa shape index (κ1) is 7.29. The first-order valence-electron chi connectivity index (χ1n) is 3.38. The number of allylic oxidation sites excluding steroid dienone is 2. The summed E-state index contributed by atoms with van der Waals surface area (Å²) >= 11 is 0. The van der Waals surface area contributed by atoms with Gasteiger partial charge in [-0.1, -0.05) is 30.4 Å². The molecule has 1 atom stereocenters. The van der Waals surface area contributed by atoms with Gasteiger partial charge in [-0.2, -0.15) is 0 Å². The molecule has 0 aromatic carbocycles. The molecule has 1 N–H and O–H groups in total. The van der Waals surface area contributed by atoms with E-state index in [9.17, 15) is 5.11 Å². The van der Waals surface area contributed by atoms with E-state index in [0.717, 1.165) is 0 Å². The van der Waals surface area contributed by atoms with Gasteiger partial charge in [0.1, 0.15) is 0 Å². The molecule has 1 aliphatic rings. The number of hydrogen-bond acceptors (Lipinski definition) is 1. The summed E-state index contributed by atoms with van der Waals surface area (Å²) in [5.74, 6) is 0.102. The zero-order valence-electron chi connectivity index (χ0n) is 6.12. The monoisotopic (exact) mass is 136 g/mol. The van der Waals surface area contributed by atoms with E-state index >= 15 is 0 Å². The molecule has 0 fully saturated rings. The zero-order chi connectivity index (χ0) is 7.61. The second kappa shape index (κ2) is 2.43. The van der Waals surface area contributed by atoms with E-state index in [-0.39, 0.29) is 5.92 Å². The lowest BCUT2D eigenvalue weighted by Crippen LogP contribution is -2.28. The molecule has 0 aromatic rings. The lowest BCUT2D eigenvalue weighted by atomic mass is 9.91. The third-order valence-corrected chi connectivity index (χ3v) is 1.84. The topological polar surface area (TPSA) is 20.2 Å². The average Bonchev–Trinajstić information content (AvgIpc) is 2.38. The Labute approximate surface area is 61.4 Å². The predicted molar refractivity (Wildman–Crippen MR) is 42.6 cm³/mol. The van der Waals surface area contributed by atoms with Crippen molar-refractivity contribution in [2.75, 3.05) is 0 Å². The van der Waals surface area contributed by atoms with E-state index < -0.39 is 5.60 Å². The van der Waals surface area contributed by atoms with Gasteiger partial charge >= 0.3 is 0 Å². The Morgan fingerprint density at radius 2 is 2.00 bits per heavy atom. The van der Waals surface area contributed by atoms with E-state index in [4.69, 9.17) is 0 Å². The highest BCUT2D eigenvalue weighted by molar-refractivity contribution is 5.23. The fourth-order valence-electron chi connectivity index (χ4n) is 0.958. The van der Waals surface area contributed by atoms with Crippen LogP contribution in [0.2, 0.25) is 0 Å². The predicted octanol–water partition coefficient (Wildman–Crippen LogP) is 1.67. The van der Waals surface area contributed by atoms with Crippen molar-refractivity contribution in [1.29, 1.82) is 0 Å². The molecular formula is C9H12O. The molecule has 0 spiro atoms.